The van der Waals surface area contributed by atoms with Crippen LogP contribution < -0.4 is 0 Å². The van der Waals surface area contributed by atoms with E-state index in [1.807, 2.05) is 0 Å². The second-order valence-corrected chi connectivity index (χ2v) is 5.63. The summed E-state index contributed by atoms with van der Waals surface area (Å²) >= 11 is 0. The first-order chi connectivity index (χ1) is 6.52. The van der Waals surface area contributed by atoms with Crippen molar-refractivity contribution in [2.75, 3.05) is 20.1 Å². The van der Waals surface area contributed by atoms with Gasteiger partial charge in [-0.15, -0.1) is 0 Å². The Balaban J connectivity index is 2.71. The van der Waals surface area contributed by atoms with Crippen molar-refractivity contribution in [2.45, 2.75) is 47.0 Å². The standard InChI is InChI=1S/C13H27N/c1-6-7-13(12(4)11(2)3)8-9-14(5)10-13/h11-12H,6-10H2,1-5H3. The summed E-state index contributed by atoms with van der Waals surface area (Å²) in [4.78, 5) is 2.51. The minimum absolute atomic E-state index is 0.623. The SMILES string of the molecule is CCCC1(C(C)C(C)C)CCN(C)C1. The van der Waals surface area contributed by atoms with Gasteiger partial charge in [-0.25, -0.2) is 0 Å². The van der Waals surface area contributed by atoms with Gasteiger partial charge >= 0.3 is 0 Å². The summed E-state index contributed by atoms with van der Waals surface area (Å²) in [5.41, 5.74) is 0.623. The van der Waals surface area contributed by atoms with E-state index in [1.165, 1.54) is 32.4 Å². The first-order valence-corrected chi connectivity index (χ1v) is 6.20. The summed E-state index contributed by atoms with van der Waals surface area (Å²) in [7, 11) is 2.27. The average molecular weight is 197 g/mol. The van der Waals surface area contributed by atoms with Crippen LogP contribution in [-0.4, -0.2) is 25.0 Å². The summed E-state index contributed by atoms with van der Waals surface area (Å²) in [5.74, 6) is 1.69. The summed E-state index contributed by atoms with van der Waals surface area (Å²) in [6, 6.07) is 0. The molecule has 0 bridgehead atoms. The van der Waals surface area contributed by atoms with Crippen LogP contribution in [0.4, 0.5) is 0 Å². The van der Waals surface area contributed by atoms with E-state index in [-0.39, 0.29) is 0 Å². The molecule has 1 nitrogen and oxygen atoms in total. The van der Waals surface area contributed by atoms with E-state index in [9.17, 15) is 0 Å². The maximum atomic E-state index is 2.51. The van der Waals surface area contributed by atoms with Crippen LogP contribution >= 0.6 is 0 Å². The summed E-state index contributed by atoms with van der Waals surface area (Å²) in [6.07, 6.45) is 4.16. The lowest BCUT2D eigenvalue weighted by molar-refractivity contribution is 0.123. The second kappa shape index (κ2) is 4.65. The van der Waals surface area contributed by atoms with Gasteiger partial charge in [0.15, 0.2) is 0 Å². The van der Waals surface area contributed by atoms with Crippen molar-refractivity contribution in [3.8, 4) is 0 Å². The Kier molecular flexibility index (Phi) is 4.00. The molecule has 0 aliphatic carbocycles. The quantitative estimate of drug-likeness (QED) is 0.667. The molecule has 1 heterocycles. The molecule has 0 aromatic carbocycles. The minimum atomic E-state index is 0.623. The van der Waals surface area contributed by atoms with Crippen LogP contribution in [0.5, 0.6) is 0 Å². The van der Waals surface area contributed by atoms with E-state index in [4.69, 9.17) is 0 Å². The van der Waals surface area contributed by atoms with Crippen LogP contribution in [0.25, 0.3) is 0 Å². The van der Waals surface area contributed by atoms with Gasteiger partial charge in [0.05, 0.1) is 0 Å². The van der Waals surface area contributed by atoms with Crippen LogP contribution in [0.1, 0.15) is 47.0 Å². The van der Waals surface area contributed by atoms with E-state index in [0.717, 1.165) is 11.8 Å². The van der Waals surface area contributed by atoms with E-state index in [2.05, 4.69) is 39.6 Å². The lowest BCUT2D eigenvalue weighted by Gasteiger charge is -2.38. The van der Waals surface area contributed by atoms with Gasteiger partial charge in [0.25, 0.3) is 0 Å². The lowest BCUT2D eigenvalue weighted by atomic mass is 9.68. The van der Waals surface area contributed by atoms with Crippen molar-refractivity contribution in [3.63, 3.8) is 0 Å². The fourth-order valence-corrected chi connectivity index (χ4v) is 3.12. The van der Waals surface area contributed by atoms with Crippen LogP contribution in [0.3, 0.4) is 0 Å². The van der Waals surface area contributed by atoms with Gasteiger partial charge < -0.3 is 4.90 Å². The van der Waals surface area contributed by atoms with Gasteiger partial charge in [-0.2, -0.15) is 0 Å². The first-order valence-electron chi connectivity index (χ1n) is 6.20. The third-order valence-corrected chi connectivity index (χ3v) is 4.29. The van der Waals surface area contributed by atoms with Crippen LogP contribution in [-0.2, 0) is 0 Å². The van der Waals surface area contributed by atoms with Gasteiger partial charge in [-0.3, -0.25) is 0 Å². The fourth-order valence-electron chi connectivity index (χ4n) is 3.12. The third-order valence-electron chi connectivity index (χ3n) is 4.29. The second-order valence-electron chi connectivity index (χ2n) is 5.63. The van der Waals surface area contributed by atoms with Crippen molar-refractivity contribution in [1.29, 1.82) is 0 Å². The number of nitrogens with zero attached hydrogens (tertiary/aromatic N) is 1. The Labute approximate surface area is 89.9 Å². The van der Waals surface area contributed by atoms with Crippen molar-refractivity contribution >= 4 is 0 Å². The predicted molar refractivity (Wildman–Crippen MR) is 63.5 cm³/mol. The zero-order valence-electron chi connectivity index (χ0n) is 10.6. The van der Waals surface area contributed by atoms with Crippen molar-refractivity contribution < 1.29 is 0 Å². The Morgan fingerprint density at radius 2 is 1.93 bits per heavy atom. The predicted octanol–water partition coefficient (Wildman–Crippen LogP) is 3.40. The molecule has 1 aliphatic heterocycles. The molecule has 1 fully saturated rings. The normalized spacial score (nSPS) is 31.3. The Bertz CT molecular complexity index is 172. The van der Waals surface area contributed by atoms with Crippen molar-refractivity contribution in [2.24, 2.45) is 17.3 Å². The zero-order valence-corrected chi connectivity index (χ0v) is 10.6. The number of hydrogen-bond acceptors (Lipinski definition) is 1. The molecule has 0 radical (unpaired) electrons. The van der Waals surface area contributed by atoms with Crippen LogP contribution in [0.15, 0.2) is 0 Å². The molecule has 0 saturated carbocycles. The highest BCUT2D eigenvalue weighted by Gasteiger charge is 2.41. The fraction of sp³-hybridized carbons (Fsp3) is 1.00. The molecule has 2 atom stereocenters. The Morgan fingerprint density at radius 1 is 1.29 bits per heavy atom. The monoisotopic (exact) mass is 197 g/mol. The smallest absolute Gasteiger partial charge is 0.00381 e. The molecule has 2 unspecified atom stereocenters. The highest BCUT2D eigenvalue weighted by molar-refractivity contribution is 4.93. The molecule has 0 spiro atoms. The van der Waals surface area contributed by atoms with E-state index >= 15 is 0 Å². The maximum absolute atomic E-state index is 2.51. The van der Waals surface area contributed by atoms with Crippen LogP contribution in [0, 0.1) is 17.3 Å². The number of likely N-dealkylation sites (tertiary alicyclic amines) is 1. The minimum Gasteiger partial charge on any atom is -0.306 e. The maximum Gasteiger partial charge on any atom is 0.00381 e. The van der Waals surface area contributed by atoms with Crippen molar-refractivity contribution in [1.82, 2.24) is 4.90 Å². The van der Waals surface area contributed by atoms with Crippen LogP contribution in [0.2, 0.25) is 0 Å². The highest BCUT2D eigenvalue weighted by atomic mass is 15.1. The largest absolute Gasteiger partial charge is 0.306 e. The summed E-state index contributed by atoms with van der Waals surface area (Å²) < 4.78 is 0. The molecule has 1 rings (SSSR count). The molecule has 0 N–H and O–H groups in total. The molecule has 14 heavy (non-hydrogen) atoms. The first kappa shape index (κ1) is 12.0. The van der Waals surface area contributed by atoms with E-state index in [0.29, 0.717) is 5.41 Å². The molecular weight excluding hydrogens is 170 g/mol. The molecule has 1 heteroatoms. The van der Waals surface area contributed by atoms with Gasteiger partial charge in [0, 0.05) is 6.54 Å². The molecule has 84 valence electrons. The Hall–Kier alpha value is -0.0400. The van der Waals surface area contributed by atoms with E-state index in [1.54, 1.807) is 0 Å². The van der Waals surface area contributed by atoms with Gasteiger partial charge in [-0.05, 0) is 43.7 Å². The third kappa shape index (κ3) is 2.31. The zero-order chi connectivity index (χ0) is 10.8. The number of rotatable bonds is 4. The van der Waals surface area contributed by atoms with Gasteiger partial charge in [0.2, 0.25) is 0 Å². The summed E-state index contributed by atoms with van der Waals surface area (Å²) in [6.45, 7) is 12.2. The molecule has 1 aliphatic rings. The highest BCUT2D eigenvalue weighted by Crippen LogP contribution is 2.44. The van der Waals surface area contributed by atoms with E-state index < -0.39 is 0 Å². The molecule has 1 saturated heterocycles. The van der Waals surface area contributed by atoms with Gasteiger partial charge in [-0.1, -0.05) is 34.1 Å². The molecular formula is C13H27N. The molecule has 0 amide bonds. The van der Waals surface area contributed by atoms with Crippen molar-refractivity contribution in [3.05, 3.63) is 0 Å². The molecule has 0 aromatic heterocycles. The Morgan fingerprint density at radius 3 is 2.29 bits per heavy atom. The molecule has 0 aromatic rings. The summed E-state index contributed by atoms with van der Waals surface area (Å²) in [5, 5.41) is 0. The van der Waals surface area contributed by atoms with Gasteiger partial charge in [0.1, 0.15) is 0 Å². The average Bonchev–Trinajstić information content (AvgIpc) is 2.48. The topological polar surface area (TPSA) is 3.24 Å². The number of hydrogen-bond donors (Lipinski definition) is 0. The lowest BCUT2D eigenvalue weighted by Crippen LogP contribution is -2.34.